The van der Waals surface area contributed by atoms with E-state index in [2.05, 4.69) is 10.2 Å². The van der Waals surface area contributed by atoms with Crippen molar-refractivity contribution in [3.05, 3.63) is 11.8 Å². The van der Waals surface area contributed by atoms with Gasteiger partial charge < -0.3 is 4.42 Å². The topological polar surface area (TPSA) is 76.3 Å². The molecule has 2 aliphatic rings. The van der Waals surface area contributed by atoms with E-state index in [1.54, 1.807) is 4.31 Å². The number of sulfonamides is 1. The van der Waals surface area contributed by atoms with Crippen LogP contribution < -0.4 is 0 Å². The summed E-state index contributed by atoms with van der Waals surface area (Å²) in [6, 6.07) is 0. The molecule has 1 atom stereocenters. The van der Waals surface area contributed by atoms with Crippen molar-refractivity contribution in [2.24, 2.45) is 0 Å². The van der Waals surface area contributed by atoms with Crippen LogP contribution in [0.3, 0.4) is 0 Å². The normalized spacial score (nSPS) is 24.8. The van der Waals surface area contributed by atoms with E-state index in [0.29, 0.717) is 31.3 Å². The Balaban J connectivity index is 1.68. The minimum absolute atomic E-state index is 0.0419. The zero-order chi connectivity index (χ0) is 16.3. The van der Waals surface area contributed by atoms with E-state index in [0.717, 1.165) is 31.6 Å². The predicted octanol–water partition coefficient (Wildman–Crippen LogP) is 3.04. The molecule has 2 heterocycles. The quantitative estimate of drug-likeness (QED) is 0.823. The summed E-state index contributed by atoms with van der Waals surface area (Å²) >= 11 is 0. The summed E-state index contributed by atoms with van der Waals surface area (Å²) < 4.78 is 32.1. The lowest BCUT2D eigenvalue weighted by Gasteiger charge is -2.30. The third-order valence-electron chi connectivity index (χ3n) is 5.00. The molecule has 0 spiro atoms. The van der Waals surface area contributed by atoms with E-state index in [1.165, 1.54) is 19.3 Å². The molecule has 3 rings (SSSR count). The third-order valence-corrected chi connectivity index (χ3v) is 7.04. The molecular weight excluding hydrogens is 314 g/mol. The second kappa shape index (κ2) is 7.30. The average molecular weight is 341 g/mol. The van der Waals surface area contributed by atoms with Crippen molar-refractivity contribution < 1.29 is 12.8 Å². The highest BCUT2D eigenvalue weighted by Crippen LogP contribution is 2.34. The highest BCUT2D eigenvalue weighted by molar-refractivity contribution is 7.89. The average Bonchev–Trinajstić information content (AvgIpc) is 3.06. The van der Waals surface area contributed by atoms with Gasteiger partial charge in [-0.25, -0.2) is 12.7 Å². The summed E-state index contributed by atoms with van der Waals surface area (Å²) in [6.45, 7) is 2.99. The first-order chi connectivity index (χ1) is 11.1. The number of nitrogens with zero attached hydrogens (tertiary/aromatic N) is 3. The van der Waals surface area contributed by atoms with Crippen molar-refractivity contribution in [3.8, 4) is 0 Å². The maximum absolute atomic E-state index is 12.3. The summed E-state index contributed by atoms with van der Waals surface area (Å²) in [5.41, 5.74) is 0. The smallest absolute Gasteiger partial charge is 0.220 e. The van der Waals surface area contributed by atoms with Crippen LogP contribution in [0.1, 0.15) is 81.9 Å². The molecule has 7 heteroatoms. The monoisotopic (exact) mass is 341 g/mol. The Morgan fingerprint density at radius 3 is 2.39 bits per heavy atom. The third kappa shape index (κ3) is 3.94. The van der Waals surface area contributed by atoms with E-state index in [4.69, 9.17) is 4.42 Å². The molecule has 6 nitrogen and oxygen atoms in total. The van der Waals surface area contributed by atoms with Crippen LogP contribution in [0.2, 0.25) is 0 Å². The molecule has 1 aromatic heterocycles. The lowest BCUT2D eigenvalue weighted by Crippen LogP contribution is -2.40. The van der Waals surface area contributed by atoms with Gasteiger partial charge in [-0.2, -0.15) is 0 Å². The summed E-state index contributed by atoms with van der Waals surface area (Å²) in [5.74, 6) is 2.04. The number of aromatic nitrogens is 2. The van der Waals surface area contributed by atoms with Gasteiger partial charge in [0.1, 0.15) is 0 Å². The first-order valence-electron chi connectivity index (χ1n) is 8.91. The van der Waals surface area contributed by atoms with Crippen molar-refractivity contribution >= 4 is 10.0 Å². The summed E-state index contributed by atoms with van der Waals surface area (Å²) in [7, 11) is -3.14. The van der Waals surface area contributed by atoms with Gasteiger partial charge in [-0.15, -0.1) is 10.2 Å². The minimum atomic E-state index is -3.14. The van der Waals surface area contributed by atoms with Gasteiger partial charge >= 0.3 is 0 Å². The van der Waals surface area contributed by atoms with Gasteiger partial charge in [-0.1, -0.05) is 26.2 Å². The van der Waals surface area contributed by atoms with Gasteiger partial charge in [-0.3, -0.25) is 0 Å². The van der Waals surface area contributed by atoms with Crippen LogP contribution in [-0.4, -0.2) is 41.8 Å². The van der Waals surface area contributed by atoms with Crippen LogP contribution in [0.4, 0.5) is 0 Å². The number of hydrogen-bond acceptors (Lipinski definition) is 5. The molecule has 1 aromatic rings. The Kier molecular flexibility index (Phi) is 5.36. The summed E-state index contributed by atoms with van der Waals surface area (Å²) in [6.07, 6.45) is 8.44. The fourth-order valence-corrected chi connectivity index (χ4v) is 5.30. The second-order valence-electron chi connectivity index (χ2n) is 6.83. The molecule has 0 radical (unpaired) electrons. The van der Waals surface area contributed by atoms with Gasteiger partial charge in [0.25, 0.3) is 0 Å². The van der Waals surface area contributed by atoms with Gasteiger partial charge in [0.2, 0.25) is 21.8 Å². The molecule has 0 amide bonds. The zero-order valence-electron chi connectivity index (χ0n) is 13.9. The lowest BCUT2D eigenvalue weighted by atomic mass is 9.89. The summed E-state index contributed by atoms with van der Waals surface area (Å²) in [4.78, 5) is 0. The van der Waals surface area contributed by atoms with Crippen molar-refractivity contribution in [2.45, 2.75) is 70.1 Å². The first-order valence-corrected chi connectivity index (χ1v) is 10.5. The Hall–Kier alpha value is -0.950. The van der Waals surface area contributed by atoms with Crippen molar-refractivity contribution in [1.29, 1.82) is 0 Å². The highest BCUT2D eigenvalue weighted by Gasteiger charge is 2.32. The molecule has 1 saturated carbocycles. The fourth-order valence-electron chi connectivity index (χ4n) is 3.71. The Labute approximate surface area is 138 Å². The van der Waals surface area contributed by atoms with Crippen molar-refractivity contribution in [1.82, 2.24) is 14.5 Å². The molecule has 0 bridgehead atoms. The highest BCUT2D eigenvalue weighted by atomic mass is 32.2. The van der Waals surface area contributed by atoms with E-state index < -0.39 is 10.0 Å². The van der Waals surface area contributed by atoms with E-state index in [9.17, 15) is 8.42 Å². The van der Waals surface area contributed by atoms with Gasteiger partial charge in [-0.05, 0) is 32.1 Å². The SMILES string of the molecule is CCCS(=O)(=O)N1CCCC(c2nnc(C3CCCCC3)o2)C1. The van der Waals surface area contributed by atoms with Crippen LogP contribution in [0.5, 0.6) is 0 Å². The lowest BCUT2D eigenvalue weighted by molar-refractivity contribution is 0.273. The number of hydrogen-bond donors (Lipinski definition) is 0. The van der Waals surface area contributed by atoms with Gasteiger partial charge in [0, 0.05) is 19.0 Å². The largest absolute Gasteiger partial charge is 0.425 e. The van der Waals surface area contributed by atoms with Crippen LogP contribution in [0.25, 0.3) is 0 Å². The van der Waals surface area contributed by atoms with E-state index in [-0.39, 0.29) is 11.7 Å². The van der Waals surface area contributed by atoms with E-state index in [1.807, 2.05) is 6.92 Å². The maximum Gasteiger partial charge on any atom is 0.220 e. The van der Waals surface area contributed by atoms with Crippen LogP contribution in [0.15, 0.2) is 4.42 Å². The standard InChI is InChI=1S/C16H27N3O3S/c1-2-11-23(20,21)19-10-6-9-14(12-19)16-18-17-15(22-16)13-7-4-3-5-8-13/h13-14H,2-12H2,1H3. The summed E-state index contributed by atoms with van der Waals surface area (Å²) in [5, 5.41) is 8.49. The molecule has 2 fully saturated rings. The minimum Gasteiger partial charge on any atom is -0.425 e. The maximum atomic E-state index is 12.3. The second-order valence-corrected chi connectivity index (χ2v) is 8.92. The molecule has 1 aliphatic heterocycles. The van der Waals surface area contributed by atoms with Crippen LogP contribution in [0, 0.1) is 0 Å². The zero-order valence-corrected chi connectivity index (χ0v) is 14.7. The molecule has 1 unspecified atom stereocenters. The molecule has 0 aromatic carbocycles. The van der Waals surface area contributed by atoms with E-state index >= 15 is 0 Å². The molecular formula is C16H27N3O3S. The van der Waals surface area contributed by atoms with Crippen LogP contribution >= 0.6 is 0 Å². The molecule has 23 heavy (non-hydrogen) atoms. The molecule has 130 valence electrons. The predicted molar refractivity (Wildman–Crippen MR) is 87.7 cm³/mol. The fraction of sp³-hybridized carbons (Fsp3) is 0.875. The van der Waals surface area contributed by atoms with Crippen molar-refractivity contribution in [2.75, 3.05) is 18.8 Å². The van der Waals surface area contributed by atoms with Gasteiger partial charge in [0.15, 0.2) is 0 Å². The Morgan fingerprint density at radius 1 is 1.04 bits per heavy atom. The number of piperidine rings is 1. The molecule has 1 saturated heterocycles. The van der Waals surface area contributed by atoms with Crippen molar-refractivity contribution in [3.63, 3.8) is 0 Å². The number of rotatable bonds is 5. The first kappa shape index (κ1) is 16.9. The molecule has 1 aliphatic carbocycles. The Bertz CT molecular complexity index is 608. The van der Waals surface area contributed by atoms with Gasteiger partial charge in [0.05, 0.1) is 11.7 Å². The Morgan fingerprint density at radius 2 is 1.70 bits per heavy atom. The van der Waals surface area contributed by atoms with Crippen LogP contribution in [-0.2, 0) is 10.0 Å². The molecule has 0 N–H and O–H groups in total.